The number of benzene rings is 2. The van der Waals surface area contributed by atoms with Gasteiger partial charge in [-0.2, -0.15) is 4.98 Å². The van der Waals surface area contributed by atoms with Gasteiger partial charge in [0.1, 0.15) is 17.1 Å². The molecule has 6 rings (SSSR count). The van der Waals surface area contributed by atoms with E-state index < -0.39 is 57.4 Å². The van der Waals surface area contributed by atoms with Crippen LogP contribution < -0.4 is 15.5 Å². The molecule has 2 aromatic heterocycles. The number of rotatable bonds is 4. The van der Waals surface area contributed by atoms with Crippen LogP contribution >= 0.6 is 0 Å². The number of carbonyl (C=O) groups excluding carboxylic acids is 1. The molecule has 9 nitrogen and oxygen atoms in total. The topological polar surface area (TPSA) is 94.8 Å². The SMILES string of the molecule is C=CC(=O)N1CC2CN(C)c3c(F)c(-c4c(O)ccc(F)c4F)c(F)c4c3c(nc(=O)n4-c3c(C)ccnc3C(C)C)N2CC1C. The van der Waals surface area contributed by atoms with Crippen LogP contribution in [0.5, 0.6) is 5.75 Å². The van der Waals surface area contributed by atoms with Crippen molar-refractivity contribution in [1.82, 2.24) is 19.4 Å². The standard InChI is InChI=1S/C33H32F4N6O3/c1-7-21(45)41-14-18-13-40(6)30-24-31(27(37)23(26(30)36)22-20(44)9-8-19(34)25(22)35)43(29-16(4)10-11-38-28(29)15(2)3)33(46)39-32(24)42(18)12-17(41)5/h7-11,15,17-18,44H,1,12-14H2,2-6H3. The van der Waals surface area contributed by atoms with Gasteiger partial charge in [0.15, 0.2) is 23.3 Å². The molecule has 0 radical (unpaired) electrons. The van der Waals surface area contributed by atoms with Crippen LogP contribution in [0.3, 0.4) is 0 Å². The fourth-order valence-electron chi connectivity index (χ4n) is 6.72. The number of carbonyl (C=O) groups is 1. The van der Waals surface area contributed by atoms with Crippen molar-refractivity contribution in [2.24, 2.45) is 0 Å². The van der Waals surface area contributed by atoms with Crippen LogP contribution in [-0.4, -0.2) is 69.2 Å². The molecule has 1 amide bonds. The Morgan fingerprint density at radius 3 is 2.43 bits per heavy atom. The second-order valence-corrected chi connectivity index (χ2v) is 12.1. The Bertz CT molecular complexity index is 2010. The Kier molecular flexibility index (Phi) is 7.52. The molecule has 1 saturated heterocycles. The summed E-state index contributed by atoms with van der Waals surface area (Å²) in [5, 5.41) is 10.6. The predicted octanol–water partition coefficient (Wildman–Crippen LogP) is 5.18. The number of likely N-dealkylation sites (N-methyl/N-ethyl adjacent to an activating group) is 1. The zero-order valence-corrected chi connectivity index (χ0v) is 25.9. The second kappa shape index (κ2) is 11.1. The van der Waals surface area contributed by atoms with Crippen molar-refractivity contribution in [2.75, 3.05) is 36.5 Å². The minimum Gasteiger partial charge on any atom is -0.507 e. The van der Waals surface area contributed by atoms with Crippen molar-refractivity contribution in [3.8, 4) is 22.6 Å². The van der Waals surface area contributed by atoms with E-state index in [4.69, 9.17) is 0 Å². The lowest BCUT2D eigenvalue weighted by molar-refractivity contribution is -0.128. The van der Waals surface area contributed by atoms with Gasteiger partial charge in [0, 0.05) is 38.9 Å². The molecule has 46 heavy (non-hydrogen) atoms. The normalized spacial score (nSPS) is 17.8. The first kappa shape index (κ1) is 31.1. The summed E-state index contributed by atoms with van der Waals surface area (Å²) < 4.78 is 65.1. The van der Waals surface area contributed by atoms with E-state index in [1.807, 2.05) is 13.8 Å². The molecule has 2 unspecified atom stereocenters. The molecule has 2 aliphatic rings. The van der Waals surface area contributed by atoms with Crippen LogP contribution in [0.1, 0.15) is 37.9 Å². The molecule has 0 bridgehead atoms. The van der Waals surface area contributed by atoms with Crippen LogP contribution in [-0.2, 0) is 4.79 Å². The van der Waals surface area contributed by atoms with Crippen molar-refractivity contribution >= 4 is 28.3 Å². The number of anilines is 2. The molecule has 2 atom stereocenters. The highest BCUT2D eigenvalue weighted by Gasteiger charge is 2.42. The van der Waals surface area contributed by atoms with E-state index in [9.17, 15) is 19.1 Å². The lowest BCUT2D eigenvalue weighted by Crippen LogP contribution is -2.61. The maximum atomic E-state index is 17.2. The Labute approximate surface area is 262 Å². The lowest BCUT2D eigenvalue weighted by Gasteiger charge is -2.45. The Morgan fingerprint density at radius 2 is 1.76 bits per heavy atom. The van der Waals surface area contributed by atoms with E-state index in [2.05, 4.69) is 16.5 Å². The highest BCUT2D eigenvalue weighted by molar-refractivity contribution is 6.06. The van der Waals surface area contributed by atoms with Crippen molar-refractivity contribution in [3.05, 3.63) is 82.1 Å². The highest BCUT2D eigenvalue weighted by atomic mass is 19.2. The molecule has 0 saturated carbocycles. The number of pyridine rings is 1. The summed E-state index contributed by atoms with van der Waals surface area (Å²) in [6, 6.07) is 2.17. The van der Waals surface area contributed by atoms with Gasteiger partial charge >= 0.3 is 5.69 Å². The largest absolute Gasteiger partial charge is 0.507 e. The van der Waals surface area contributed by atoms with Gasteiger partial charge in [0.2, 0.25) is 5.91 Å². The van der Waals surface area contributed by atoms with E-state index in [0.717, 1.165) is 10.6 Å². The fraction of sp³-hybridized carbons (Fsp3) is 0.333. The number of hydrogen-bond donors (Lipinski definition) is 1. The quantitative estimate of drug-likeness (QED) is 0.244. The minimum atomic E-state index is -1.66. The van der Waals surface area contributed by atoms with Crippen molar-refractivity contribution in [3.63, 3.8) is 0 Å². The third-order valence-electron chi connectivity index (χ3n) is 8.85. The molecule has 2 aromatic carbocycles. The van der Waals surface area contributed by atoms with Gasteiger partial charge in [0.05, 0.1) is 39.6 Å². The highest BCUT2D eigenvalue weighted by Crippen LogP contribution is 2.48. The maximum absolute atomic E-state index is 17.2. The summed E-state index contributed by atoms with van der Waals surface area (Å²) in [7, 11) is 1.54. The van der Waals surface area contributed by atoms with Gasteiger partial charge in [-0.25, -0.2) is 22.4 Å². The molecular weight excluding hydrogens is 604 g/mol. The first-order valence-electron chi connectivity index (χ1n) is 14.8. The number of fused-ring (bicyclic) bond motifs is 2. The van der Waals surface area contributed by atoms with E-state index in [0.29, 0.717) is 17.3 Å². The van der Waals surface area contributed by atoms with Crippen LogP contribution in [0.15, 0.2) is 41.8 Å². The van der Waals surface area contributed by atoms with Gasteiger partial charge in [-0.3, -0.25) is 14.3 Å². The summed E-state index contributed by atoms with van der Waals surface area (Å²) in [4.78, 5) is 40.6. The number of amides is 1. The zero-order valence-electron chi connectivity index (χ0n) is 25.9. The number of phenolic OH excluding ortho intramolecular Hbond substituents is 1. The predicted molar refractivity (Wildman–Crippen MR) is 167 cm³/mol. The number of aromatic nitrogens is 3. The first-order chi connectivity index (χ1) is 21.8. The van der Waals surface area contributed by atoms with E-state index >= 15 is 13.2 Å². The Morgan fingerprint density at radius 1 is 1.04 bits per heavy atom. The average Bonchev–Trinajstić information content (AvgIpc) is 3.12. The number of nitrogens with zero attached hydrogens (tertiary/aromatic N) is 6. The smallest absolute Gasteiger partial charge is 0.354 e. The monoisotopic (exact) mass is 636 g/mol. The van der Waals surface area contributed by atoms with Gasteiger partial charge in [-0.15, -0.1) is 0 Å². The average molecular weight is 637 g/mol. The molecule has 1 fully saturated rings. The van der Waals surface area contributed by atoms with Crippen LogP contribution in [0, 0.1) is 30.2 Å². The van der Waals surface area contributed by atoms with Crippen LogP contribution in [0.2, 0.25) is 0 Å². The van der Waals surface area contributed by atoms with Gasteiger partial charge in [-0.1, -0.05) is 20.4 Å². The van der Waals surface area contributed by atoms with Gasteiger partial charge in [-0.05, 0) is 49.6 Å². The second-order valence-electron chi connectivity index (χ2n) is 12.1. The summed E-state index contributed by atoms with van der Waals surface area (Å²) in [6.45, 7) is 11.2. The molecule has 1 N–H and O–H groups in total. The number of piperazine rings is 1. The number of halogens is 4. The van der Waals surface area contributed by atoms with Crippen molar-refractivity contribution in [1.29, 1.82) is 0 Å². The first-order valence-corrected chi connectivity index (χ1v) is 14.8. The van der Waals surface area contributed by atoms with E-state index in [-0.39, 0.29) is 60.1 Å². The molecule has 0 aliphatic carbocycles. The van der Waals surface area contributed by atoms with Crippen LogP contribution in [0.4, 0.5) is 29.1 Å². The van der Waals surface area contributed by atoms with E-state index in [1.165, 1.54) is 18.0 Å². The molecule has 240 valence electrons. The number of hydrogen-bond acceptors (Lipinski definition) is 7. The van der Waals surface area contributed by atoms with Crippen molar-refractivity contribution < 1.29 is 27.5 Å². The number of phenols is 1. The third-order valence-corrected chi connectivity index (χ3v) is 8.85. The molecule has 13 heteroatoms. The summed E-state index contributed by atoms with van der Waals surface area (Å²) >= 11 is 0. The van der Waals surface area contributed by atoms with E-state index in [1.54, 1.807) is 35.9 Å². The van der Waals surface area contributed by atoms with Crippen LogP contribution in [0.25, 0.3) is 27.7 Å². The summed E-state index contributed by atoms with van der Waals surface area (Å²) in [5.74, 6) is -7.23. The molecule has 4 heterocycles. The Hall–Kier alpha value is -4.94. The minimum absolute atomic E-state index is 0.0147. The van der Waals surface area contributed by atoms with Gasteiger partial charge in [0.25, 0.3) is 0 Å². The maximum Gasteiger partial charge on any atom is 0.354 e. The lowest BCUT2D eigenvalue weighted by atomic mass is 9.97. The molecular formula is C33H32F4N6O3. The third kappa shape index (κ3) is 4.51. The molecule has 0 spiro atoms. The molecule has 2 aliphatic heterocycles. The summed E-state index contributed by atoms with van der Waals surface area (Å²) in [6.07, 6.45) is 2.75. The summed E-state index contributed by atoms with van der Waals surface area (Å²) in [5.41, 5.74) is -2.47. The Balaban J connectivity index is 1.81. The zero-order chi connectivity index (χ0) is 33.4. The van der Waals surface area contributed by atoms with Gasteiger partial charge < -0.3 is 19.8 Å². The fourth-order valence-corrected chi connectivity index (χ4v) is 6.72. The number of aryl methyl sites for hydroxylation is 1. The molecule has 4 aromatic rings. The number of aromatic hydroxyl groups is 1. The van der Waals surface area contributed by atoms with Crippen molar-refractivity contribution in [2.45, 2.75) is 45.7 Å².